The van der Waals surface area contributed by atoms with Gasteiger partial charge in [-0.1, -0.05) is 13.0 Å². The first-order valence-corrected chi connectivity index (χ1v) is 4.95. The Balaban J connectivity index is -0.0000000238. The fraction of sp³-hybridized carbons (Fsp3) is 0.353. The van der Waals surface area contributed by atoms with E-state index in [1.807, 2.05) is 18.2 Å². The van der Waals surface area contributed by atoms with E-state index in [0.717, 1.165) is 25.9 Å². The molecule has 1 aliphatic rings. The summed E-state index contributed by atoms with van der Waals surface area (Å²) in [7, 11) is 0. The number of hydrogen-bond acceptors (Lipinski definition) is 1. The van der Waals surface area contributed by atoms with Crippen LogP contribution in [0.3, 0.4) is 0 Å². The summed E-state index contributed by atoms with van der Waals surface area (Å²) in [6, 6.07) is 0. The van der Waals surface area contributed by atoms with E-state index in [9.17, 15) is 0 Å². The Morgan fingerprint density at radius 3 is 2.05 bits per heavy atom. The Kier molecular flexibility index (Phi) is 96.7. The van der Waals surface area contributed by atoms with E-state index >= 15 is 0 Å². The van der Waals surface area contributed by atoms with Crippen molar-refractivity contribution < 1.29 is 26.2 Å². The first-order chi connectivity index (χ1) is 6.41. The number of rotatable bonds is 5. The molecule has 0 bridgehead atoms. The van der Waals surface area contributed by atoms with Crippen LogP contribution in [-0.2, 0) is 26.2 Å². The van der Waals surface area contributed by atoms with Gasteiger partial charge in [-0.3, -0.25) is 6.08 Å². The van der Waals surface area contributed by atoms with Crippen molar-refractivity contribution in [3.05, 3.63) is 74.1 Å². The molecule has 0 radical (unpaired) electrons. The molecule has 0 aromatic rings. The summed E-state index contributed by atoms with van der Waals surface area (Å²) >= 11 is 0. The maximum Gasteiger partial charge on any atom is 0 e. The molecular formula is C17H35NZr-6. The molecule has 0 atom stereocenters. The predicted octanol–water partition coefficient (Wildman–Crippen LogP) is 5.12. The van der Waals surface area contributed by atoms with Crippen LogP contribution in [0.15, 0.2) is 30.9 Å². The van der Waals surface area contributed by atoms with E-state index in [0.29, 0.717) is 0 Å². The molecule has 0 aromatic carbocycles. The molecule has 0 saturated carbocycles. The fourth-order valence-electron chi connectivity index (χ4n) is 0.888. The second kappa shape index (κ2) is 43.0. The smallest absolute Gasteiger partial charge is 0 e. The molecule has 0 unspecified atom stereocenters. The molecule has 2 heteroatoms. The molecule has 1 nitrogen and oxygen atoms in total. The van der Waals surface area contributed by atoms with Crippen molar-refractivity contribution in [1.82, 2.24) is 5.32 Å². The van der Waals surface area contributed by atoms with Crippen molar-refractivity contribution in [2.75, 3.05) is 13.1 Å². The second-order valence-corrected chi connectivity index (χ2v) is 2.79. The minimum atomic E-state index is 0. The van der Waals surface area contributed by atoms with Gasteiger partial charge in [0, 0.05) is 26.2 Å². The van der Waals surface area contributed by atoms with Gasteiger partial charge in [-0.05, 0) is 25.9 Å². The molecule has 0 saturated heterocycles. The fourth-order valence-corrected chi connectivity index (χ4v) is 0.888. The molecule has 1 aliphatic carbocycles. The van der Waals surface area contributed by atoms with Crippen LogP contribution in [0.4, 0.5) is 0 Å². The Morgan fingerprint density at radius 2 is 1.79 bits per heavy atom. The summed E-state index contributed by atoms with van der Waals surface area (Å²) in [6.45, 7) is 7.96. The molecule has 0 spiro atoms. The van der Waals surface area contributed by atoms with Gasteiger partial charge in [0.2, 0.25) is 0 Å². The van der Waals surface area contributed by atoms with Crippen molar-refractivity contribution in [2.24, 2.45) is 0 Å². The Bertz CT molecular complexity index is 153. The second-order valence-electron chi connectivity index (χ2n) is 2.79. The first kappa shape index (κ1) is 42.7. The van der Waals surface area contributed by atoms with Crippen LogP contribution in [0.2, 0.25) is 0 Å². The van der Waals surface area contributed by atoms with Gasteiger partial charge in [0.1, 0.15) is 0 Å². The molecule has 0 aliphatic heterocycles. The summed E-state index contributed by atoms with van der Waals surface area (Å²) in [6.07, 6.45) is 14.3. The summed E-state index contributed by atoms with van der Waals surface area (Å²) in [5.41, 5.74) is 0. The topological polar surface area (TPSA) is 12.0 Å². The third-order valence-corrected chi connectivity index (χ3v) is 1.60. The van der Waals surface area contributed by atoms with Crippen LogP contribution in [0, 0.1) is 43.2 Å². The normalized spacial score (nSPS) is 8.47. The maximum absolute atomic E-state index is 3.63. The zero-order valence-corrected chi connectivity index (χ0v) is 16.5. The zero-order chi connectivity index (χ0) is 9.78. The average molecular weight is 345 g/mol. The molecule has 1 rings (SSSR count). The van der Waals surface area contributed by atoms with Gasteiger partial charge in [-0.15, -0.1) is 13.0 Å². The SMILES string of the molecule is C=CCCCNCC.[C-]1=CC=CC1.[CH3-].[CH3-].[CH3-].[CH3-].[CH3-].[Zr]. The number of hydrogen-bond donors (Lipinski definition) is 1. The molecule has 19 heavy (non-hydrogen) atoms. The van der Waals surface area contributed by atoms with Gasteiger partial charge >= 0.3 is 0 Å². The third kappa shape index (κ3) is 46.0. The molecule has 1 N–H and O–H groups in total. The largest absolute Gasteiger partial charge is 0.358 e. The van der Waals surface area contributed by atoms with E-state index < -0.39 is 0 Å². The van der Waals surface area contributed by atoms with Crippen molar-refractivity contribution >= 4 is 0 Å². The minimum absolute atomic E-state index is 0. The summed E-state index contributed by atoms with van der Waals surface area (Å²) in [5.74, 6) is 0. The van der Waals surface area contributed by atoms with E-state index in [1.165, 1.54) is 6.42 Å². The van der Waals surface area contributed by atoms with Gasteiger partial charge in [-0.25, -0.2) is 12.2 Å². The van der Waals surface area contributed by atoms with Crippen LogP contribution in [0.5, 0.6) is 0 Å². The molecule has 0 fully saturated rings. The van der Waals surface area contributed by atoms with Crippen molar-refractivity contribution in [1.29, 1.82) is 0 Å². The number of nitrogens with one attached hydrogen (secondary N) is 1. The number of unbranched alkanes of at least 4 members (excludes halogenated alkanes) is 1. The van der Waals surface area contributed by atoms with Crippen molar-refractivity contribution in [3.8, 4) is 0 Å². The van der Waals surface area contributed by atoms with Crippen molar-refractivity contribution in [3.63, 3.8) is 0 Å². The van der Waals surface area contributed by atoms with Crippen LogP contribution < -0.4 is 5.32 Å². The monoisotopic (exact) mass is 343 g/mol. The van der Waals surface area contributed by atoms with Gasteiger partial charge in [0.05, 0.1) is 0 Å². The van der Waals surface area contributed by atoms with Crippen LogP contribution in [-0.4, -0.2) is 13.1 Å². The standard InChI is InChI=1S/C7H15N.C5H5.5CH3.Zr/c1-3-5-6-7-8-4-2;1-2-4-5-3-1;;;;;;/h3,8H,1,4-7H2,2H3;1-3H,4H2;5*1H3;/q;6*-1;. The van der Waals surface area contributed by atoms with Crippen LogP contribution >= 0.6 is 0 Å². The quantitative estimate of drug-likeness (QED) is 0.415. The van der Waals surface area contributed by atoms with E-state index in [2.05, 4.69) is 31.0 Å². The zero-order valence-electron chi connectivity index (χ0n) is 14.1. The minimum Gasteiger partial charge on any atom is -0.358 e. The van der Waals surface area contributed by atoms with Gasteiger partial charge in [-0.2, -0.15) is 6.08 Å². The Labute approximate surface area is 144 Å². The molecular weight excluding hydrogens is 309 g/mol. The van der Waals surface area contributed by atoms with Gasteiger partial charge in [0.25, 0.3) is 0 Å². The molecule has 0 aromatic heterocycles. The predicted molar refractivity (Wildman–Crippen MR) is 91.6 cm³/mol. The summed E-state index contributed by atoms with van der Waals surface area (Å²) in [4.78, 5) is 0. The summed E-state index contributed by atoms with van der Waals surface area (Å²) in [5, 5.41) is 3.24. The van der Waals surface area contributed by atoms with Gasteiger partial charge < -0.3 is 42.5 Å². The van der Waals surface area contributed by atoms with Crippen LogP contribution in [0.1, 0.15) is 26.2 Å². The van der Waals surface area contributed by atoms with E-state index in [-0.39, 0.29) is 63.3 Å². The van der Waals surface area contributed by atoms with Gasteiger partial charge in [0.15, 0.2) is 0 Å². The van der Waals surface area contributed by atoms with Crippen LogP contribution in [0.25, 0.3) is 0 Å². The number of allylic oxidation sites excluding steroid dienone is 5. The third-order valence-electron chi connectivity index (χ3n) is 1.60. The average Bonchev–Trinajstić information content (AvgIpc) is 2.70. The van der Waals surface area contributed by atoms with Crippen molar-refractivity contribution in [2.45, 2.75) is 26.2 Å². The summed E-state index contributed by atoms with van der Waals surface area (Å²) < 4.78 is 0. The molecule has 118 valence electrons. The molecule has 0 amide bonds. The van der Waals surface area contributed by atoms with E-state index in [1.54, 1.807) is 0 Å². The Morgan fingerprint density at radius 1 is 1.21 bits per heavy atom. The maximum atomic E-state index is 3.63. The molecule has 0 heterocycles. The Hall–Kier alpha value is 0.0631. The van der Waals surface area contributed by atoms with E-state index in [4.69, 9.17) is 0 Å². The first-order valence-electron chi connectivity index (χ1n) is 4.95.